The van der Waals surface area contributed by atoms with Gasteiger partial charge in [0.2, 0.25) is 0 Å². The van der Waals surface area contributed by atoms with Crippen molar-refractivity contribution in [3.8, 4) is 0 Å². The van der Waals surface area contributed by atoms with Crippen LogP contribution in [0.25, 0.3) is 0 Å². The van der Waals surface area contributed by atoms with Gasteiger partial charge < -0.3 is 0 Å². The van der Waals surface area contributed by atoms with Crippen molar-refractivity contribution < 1.29 is 4.39 Å². The Morgan fingerprint density at radius 2 is 2.22 bits per heavy atom. The number of hydrogen-bond acceptors (Lipinski definition) is 3. The van der Waals surface area contributed by atoms with Gasteiger partial charge in [-0.15, -0.1) is 11.3 Å². The van der Waals surface area contributed by atoms with Crippen LogP contribution in [0.15, 0.2) is 33.4 Å². The second-order valence-corrected chi connectivity index (χ2v) is 6.55. The number of nitrogens with two attached hydrogens (primary N) is 1. The highest BCUT2D eigenvalue weighted by molar-refractivity contribution is 9.11. The Morgan fingerprint density at radius 3 is 2.78 bits per heavy atom. The van der Waals surface area contributed by atoms with Crippen LogP contribution in [0.4, 0.5) is 4.39 Å². The lowest BCUT2D eigenvalue weighted by Gasteiger charge is -2.14. The van der Waals surface area contributed by atoms with Crippen LogP contribution in [-0.2, 0) is 6.42 Å². The predicted molar refractivity (Wildman–Crippen MR) is 77.2 cm³/mol. The highest BCUT2D eigenvalue weighted by Gasteiger charge is 2.13. The number of halogens is 3. The van der Waals surface area contributed by atoms with E-state index in [2.05, 4.69) is 21.4 Å². The third kappa shape index (κ3) is 3.30. The Kier molecular flexibility index (Phi) is 4.75. The van der Waals surface area contributed by atoms with E-state index < -0.39 is 5.82 Å². The maximum absolute atomic E-state index is 13.1. The van der Waals surface area contributed by atoms with Gasteiger partial charge in [-0.3, -0.25) is 11.3 Å². The Balaban J connectivity index is 2.17. The molecule has 3 N–H and O–H groups in total. The molecule has 1 aromatic carbocycles. The van der Waals surface area contributed by atoms with E-state index in [0.717, 1.165) is 14.9 Å². The Hall–Kier alpha value is -0.460. The van der Waals surface area contributed by atoms with E-state index >= 15 is 0 Å². The molecule has 0 bridgehead atoms. The minimum Gasteiger partial charge on any atom is -0.271 e. The van der Waals surface area contributed by atoms with Crippen LogP contribution in [-0.4, -0.2) is 0 Å². The summed E-state index contributed by atoms with van der Waals surface area (Å²) in [6.07, 6.45) is 0.652. The largest absolute Gasteiger partial charge is 0.271 e. The molecule has 0 aliphatic rings. The van der Waals surface area contributed by atoms with Crippen molar-refractivity contribution in [2.24, 2.45) is 5.84 Å². The SMILES string of the molecule is NNC(Cc1ccc(F)c(Cl)c1)c1csc(Br)c1. The van der Waals surface area contributed by atoms with E-state index in [9.17, 15) is 4.39 Å². The number of rotatable bonds is 4. The zero-order valence-corrected chi connectivity index (χ0v) is 12.4. The predicted octanol–water partition coefficient (Wildman–Crippen LogP) is 4.05. The van der Waals surface area contributed by atoms with Gasteiger partial charge in [-0.05, 0) is 57.1 Å². The normalized spacial score (nSPS) is 12.7. The lowest BCUT2D eigenvalue weighted by Crippen LogP contribution is -2.29. The van der Waals surface area contributed by atoms with Gasteiger partial charge in [0, 0.05) is 0 Å². The summed E-state index contributed by atoms with van der Waals surface area (Å²) >= 11 is 10.8. The second-order valence-electron chi connectivity index (χ2n) is 3.86. The molecule has 18 heavy (non-hydrogen) atoms. The second kappa shape index (κ2) is 6.12. The van der Waals surface area contributed by atoms with E-state index in [1.165, 1.54) is 6.07 Å². The van der Waals surface area contributed by atoms with E-state index in [1.807, 2.05) is 11.4 Å². The highest BCUT2D eigenvalue weighted by atomic mass is 79.9. The summed E-state index contributed by atoms with van der Waals surface area (Å²) in [6.45, 7) is 0. The molecule has 1 unspecified atom stereocenters. The quantitative estimate of drug-likeness (QED) is 0.645. The van der Waals surface area contributed by atoms with Crippen molar-refractivity contribution in [2.75, 3.05) is 0 Å². The van der Waals surface area contributed by atoms with E-state index in [-0.39, 0.29) is 11.1 Å². The first kappa shape index (κ1) is 14.0. The van der Waals surface area contributed by atoms with Crippen LogP contribution in [0.2, 0.25) is 5.02 Å². The zero-order chi connectivity index (χ0) is 13.1. The minimum absolute atomic E-state index is 0.0194. The average molecular weight is 350 g/mol. The number of nitrogens with one attached hydrogen (secondary N) is 1. The fourth-order valence-electron chi connectivity index (χ4n) is 1.68. The molecule has 1 heterocycles. The van der Waals surface area contributed by atoms with Crippen LogP contribution in [0, 0.1) is 5.82 Å². The molecular weight excluding hydrogens is 339 g/mol. The number of hydrazine groups is 1. The molecule has 2 rings (SSSR count). The molecule has 0 aliphatic carbocycles. The van der Waals surface area contributed by atoms with Crippen LogP contribution in [0.1, 0.15) is 17.2 Å². The Morgan fingerprint density at radius 1 is 1.44 bits per heavy atom. The maximum atomic E-state index is 13.1. The maximum Gasteiger partial charge on any atom is 0.141 e. The third-order valence-electron chi connectivity index (χ3n) is 2.62. The first-order chi connectivity index (χ1) is 8.60. The summed E-state index contributed by atoms with van der Waals surface area (Å²) < 4.78 is 14.1. The van der Waals surface area contributed by atoms with Gasteiger partial charge in [0.05, 0.1) is 14.9 Å². The third-order valence-corrected chi connectivity index (χ3v) is 4.43. The van der Waals surface area contributed by atoms with E-state index in [4.69, 9.17) is 17.4 Å². The van der Waals surface area contributed by atoms with Crippen LogP contribution in [0.3, 0.4) is 0 Å². The first-order valence-electron chi connectivity index (χ1n) is 5.24. The average Bonchev–Trinajstić information content (AvgIpc) is 2.77. The molecule has 0 amide bonds. The minimum atomic E-state index is -0.407. The summed E-state index contributed by atoms with van der Waals surface area (Å²) in [7, 11) is 0. The molecule has 0 fully saturated rings. The Labute approximate surface area is 122 Å². The van der Waals surface area contributed by atoms with Crippen molar-refractivity contribution in [1.82, 2.24) is 5.43 Å². The monoisotopic (exact) mass is 348 g/mol. The molecule has 2 aromatic rings. The van der Waals surface area contributed by atoms with Gasteiger partial charge in [-0.25, -0.2) is 4.39 Å². The fourth-order valence-corrected chi connectivity index (χ4v) is 3.11. The standard InChI is InChI=1S/C12H11BrClFN2S/c13-12-5-8(6-18-12)11(17-16)4-7-1-2-10(15)9(14)3-7/h1-3,5-6,11,17H,4,16H2. The molecule has 0 aliphatic heterocycles. The van der Waals surface area contributed by atoms with Gasteiger partial charge in [0.25, 0.3) is 0 Å². The van der Waals surface area contributed by atoms with Crippen LogP contribution < -0.4 is 11.3 Å². The van der Waals surface area contributed by atoms with Gasteiger partial charge in [-0.2, -0.15) is 0 Å². The van der Waals surface area contributed by atoms with Crippen LogP contribution in [0.5, 0.6) is 0 Å². The highest BCUT2D eigenvalue weighted by Crippen LogP contribution is 2.27. The first-order valence-corrected chi connectivity index (χ1v) is 7.29. The molecule has 1 atom stereocenters. The zero-order valence-electron chi connectivity index (χ0n) is 9.29. The van der Waals surface area contributed by atoms with Gasteiger partial charge in [0.1, 0.15) is 5.82 Å². The molecule has 96 valence electrons. The van der Waals surface area contributed by atoms with Gasteiger partial charge in [0.15, 0.2) is 0 Å². The lowest BCUT2D eigenvalue weighted by atomic mass is 10.0. The van der Waals surface area contributed by atoms with Crippen LogP contribution >= 0.6 is 38.9 Å². The molecule has 1 aromatic heterocycles. The van der Waals surface area contributed by atoms with Crippen molar-refractivity contribution >= 4 is 38.9 Å². The lowest BCUT2D eigenvalue weighted by molar-refractivity contribution is 0.552. The smallest absolute Gasteiger partial charge is 0.141 e. The molecular formula is C12H11BrClFN2S. The Bertz CT molecular complexity index is 547. The number of thiophene rings is 1. The topological polar surface area (TPSA) is 38.0 Å². The molecule has 6 heteroatoms. The summed E-state index contributed by atoms with van der Waals surface area (Å²) in [5.74, 6) is 5.16. The molecule has 0 spiro atoms. The summed E-state index contributed by atoms with van der Waals surface area (Å²) in [5.41, 5.74) is 4.79. The van der Waals surface area contributed by atoms with Gasteiger partial charge in [-0.1, -0.05) is 17.7 Å². The van der Waals surface area contributed by atoms with E-state index in [1.54, 1.807) is 23.5 Å². The van der Waals surface area contributed by atoms with Gasteiger partial charge >= 0.3 is 0 Å². The molecule has 0 saturated heterocycles. The van der Waals surface area contributed by atoms with Crippen molar-refractivity contribution in [1.29, 1.82) is 0 Å². The molecule has 0 saturated carbocycles. The summed E-state index contributed by atoms with van der Waals surface area (Å²) in [5, 5.41) is 2.16. The summed E-state index contributed by atoms with van der Waals surface area (Å²) in [6, 6.07) is 6.71. The van der Waals surface area contributed by atoms with Crippen molar-refractivity contribution in [3.63, 3.8) is 0 Å². The molecule has 0 radical (unpaired) electrons. The van der Waals surface area contributed by atoms with Crippen molar-refractivity contribution in [2.45, 2.75) is 12.5 Å². The van der Waals surface area contributed by atoms with Crippen molar-refractivity contribution in [3.05, 3.63) is 55.4 Å². The van der Waals surface area contributed by atoms with E-state index in [0.29, 0.717) is 6.42 Å². The number of hydrogen-bond donors (Lipinski definition) is 2. The summed E-state index contributed by atoms with van der Waals surface area (Å²) in [4.78, 5) is 0. The number of benzene rings is 1. The molecule has 2 nitrogen and oxygen atoms in total. The fraction of sp³-hybridized carbons (Fsp3) is 0.167.